The molecule has 3 aromatic rings. The smallest absolute Gasteiger partial charge is 0.274 e. The van der Waals surface area contributed by atoms with E-state index in [-0.39, 0.29) is 11.6 Å². The number of nitrogens with zero attached hydrogens (tertiary/aromatic N) is 4. The summed E-state index contributed by atoms with van der Waals surface area (Å²) in [6.45, 7) is 4.16. The second-order valence-corrected chi connectivity index (χ2v) is 6.60. The van der Waals surface area contributed by atoms with E-state index in [9.17, 15) is 8.42 Å². The first-order chi connectivity index (χ1) is 11.0. The first-order valence-corrected chi connectivity index (χ1v) is 8.31. The molecule has 0 bridgehead atoms. The van der Waals surface area contributed by atoms with Crippen LogP contribution in [0.5, 0.6) is 0 Å². The highest BCUT2D eigenvalue weighted by molar-refractivity contribution is 7.89. The summed E-state index contributed by atoms with van der Waals surface area (Å²) in [5.74, 6) is 0.742. The average molecular weight is 337 g/mol. The average Bonchev–Trinajstić information content (AvgIpc) is 3.22. The van der Waals surface area contributed by atoms with Crippen LogP contribution in [-0.4, -0.2) is 34.9 Å². The van der Waals surface area contributed by atoms with Crippen LogP contribution in [0, 0.1) is 13.8 Å². The Kier molecular flexibility index (Phi) is 4.01. The van der Waals surface area contributed by atoms with Gasteiger partial charge in [0.1, 0.15) is 12.7 Å². The van der Waals surface area contributed by atoms with Gasteiger partial charge in [-0.25, -0.2) is 18.1 Å². The Hall–Kier alpha value is -2.46. The summed E-state index contributed by atoms with van der Waals surface area (Å²) >= 11 is 0. The van der Waals surface area contributed by atoms with Gasteiger partial charge in [-0.2, -0.15) is 5.10 Å². The van der Waals surface area contributed by atoms with Crippen molar-refractivity contribution in [1.29, 1.82) is 0 Å². The number of sulfonamides is 1. The van der Waals surface area contributed by atoms with Crippen LogP contribution in [0.25, 0.3) is 11.5 Å². The summed E-state index contributed by atoms with van der Waals surface area (Å²) in [7, 11) is -3.75. The van der Waals surface area contributed by atoms with Crippen LogP contribution in [0.2, 0.25) is 0 Å². The van der Waals surface area contributed by atoms with Crippen LogP contribution in [-0.2, 0) is 16.6 Å². The quantitative estimate of drug-likeness (QED) is 0.716. The zero-order chi connectivity index (χ0) is 16.4. The third kappa shape index (κ3) is 3.17. The van der Waals surface area contributed by atoms with Gasteiger partial charge < -0.3 is 8.94 Å². The molecule has 23 heavy (non-hydrogen) atoms. The molecular formula is C13H15N5O4S. The maximum absolute atomic E-state index is 12.2. The zero-order valence-electron chi connectivity index (χ0n) is 12.6. The molecule has 10 heteroatoms. The molecule has 3 heterocycles. The molecule has 122 valence electrons. The van der Waals surface area contributed by atoms with Crippen LogP contribution in [0.4, 0.5) is 0 Å². The van der Waals surface area contributed by atoms with Gasteiger partial charge in [-0.15, -0.1) is 0 Å². The second-order valence-electron chi connectivity index (χ2n) is 4.90. The fraction of sp³-hybridized carbons (Fsp3) is 0.308. The lowest BCUT2D eigenvalue weighted by atomic mass is 10.2. The third-order valence-corrected chi connectivity index (χ3v) is 4.66. The highest BCUT2D eigenvalue weighted by atomic mass is 32.2. The summed E-state index contributed by atoms with van der Waals surface area (Å²) < 4.78 is 38.9. The molecule has 0 spiro atoms. The number of furan rings is 1. The van der Waals surface area contributed by atoms with Gasteiger partial charge in [0.15, 0.2) is 5.76 Å². The third-order valence-electron chi connectivity index (χ3n) is 3.33. The van der Waals surface area contributed by atoms with E-state index in [4.69, 9.17) is 8.94 Å². The molecule has 1 N–H and O–H groups in total. The Morgan fingerprint density at radius 1 is 1.30 bits per heavy atom. The maximum atomic E-state index is 12.2. The van der Waals surface area contributed by atoms with Gasteiger partial charge in [0.2, 0.25) is 10.9 Å². The Bertz CT molecular complexity index is 895. The Morgan fingerprint density at radius 2 is 2.13 bits per heavy atom. The van der Waals surface area contributed by atoms with Crippen molar-refractivity contribution in [2.75, 3.05) is 6.54 Å². The van der Waals surface area contributed by atoms with Crippen molar-refractivity contribution in [2.24, 2.45) is 0 Å². The number of aryl methyl sites for hydroxylation is 1. The van der Waals surface area contributed by atoms with Crippen LogP contribution in [0.15, 0.2) is 38.8 Å². The van der Waals surface area contributed by atoms with E-state index in [1.54, 1.807) is 13.0 Å². The van der Waals surface area contributed by atoms with E-state index in [2.05, 4.69) is 20.0 Å². The molecular weight excluding hydrogens is 322 g/mol. The highest BCUT2D eigenvalue weighted by Gasteiger charge is 2.21. The first kappa shape index (κ1) is 15.4. The standard InChI is InChI=1S/C13H15N5O4S/c1-9-10(2)17-22-13(9)11-3-4-12(21-11)23(19,20)16-5-6-18-8-14-7-15-18/h3-4,7-8,16H,5-6H2,1-2H3. The zero-order valence-corrected chi connectivity index (χ0v) is 13.4. The molecule has 9 nitrogen and oxygen atoms in total. The van der Waals surface area contributed by atoms with E-state index < -0.39 is 10.0 Å². The minimum absolute atomic E-state index is 0.169. The summed E-state index contributed by atoms with van der Waals surface area (Å²) in [6, 6.07) is 2.92. The van der Waals surface area contributed by atoms with Crippen molar-refractivity contribution >= 4 is 10.0 Å². The van der Waals surface area contributed by atoms with Crippen molar-refractivity contribution in [3.05, 3.63) is 36.0 Å². The van der Waals surface area contributed by atoms with Gasteiger partial charge >= 0.3 is 0 Å². The molecule has 0 aliphatic rings. The summed E-state index contributed by atoms with van der Waals surface area (Å²) in [6.07, 6.45) is 2.89. The highest BCUT2D eigenvalue weighted by Crippen LogP contribution is 2.28. The topological polar surface area (TPSA) is 116 Å². The van der Waals surface area contributed by atoms with E-state index in [1.807, 2.05) is 6.92 Å². The van der Waals surface area contributed by atoms with E-state index in [0.717, 1.165) is 11.3 Å². The molecule has 0 saturated heterocycles. The van der Waals surface area contributed by atoms with Gasteiger partial charge in [0.25, 0.3) is 10.0 Å². The van der Waals surface area contributed by atoms with Crippen LogP contribution >= 0.6 is 0 Å². The SMILES string of the molecule is Cc1noc(-c2ccc(S(=O)(=O)NCCn3cncn3)o2)c1C. The van der Waals surface area contributed by atoms with E-state index in [1.165, 1.54) is 23.4 Å². The minimum Gasteiger partial charge on any atom is -0.440 e. The van der Waals surface area contributed by atoms with Crippen molar-refractivity contribution in [3.63, 3.8) is 0 Å². The largest absolute Gasteiger partial charge is 0.440 e. The van der Waals surface area contributed by atoms with Crippen LogP contribution < -0.4 is 4.72 Å². The minimum atomic E-state index is -3.75. The fourth-order valence-electron chi connectivity index (χ4n) is 1.95. The predicted octanol–water partition coefficient (Wildman–Crippen LogP) is 1.12. The van der Waals surface area contributed by atoms with Crippen molar-refractivity contribution in [1.82, 2.24) is 24.6 Å². The van der Waals surface area contributed by atoms with Gasteiger partial charge in [-0.05, 0) is 26.0 Å². The second kappa shape index (κ2) is 5.97. The number of aromatic nitrogens is 4. The molecule has 0 aromatic carbocycles. The number of hydrogen-bond acceptors (Lipinski definition) is 7. The van der Waals surface area contributed by atoms with Gasteiger partial charge in [-0.3, -0.25) is 4.68 Å². The first-order valence-electron chi connectivity index (χ1n) is 6.82. The molecule has 0 radical (unpaired) electrons. The number of hydrogen-bond donors (Lipinski definition) is 1. The van der Waals surface area contributed by atoms with Crippen molar-refractivity contribution in [3.8, 4) is 11.5 Å². The van der Waals surface area contributed by atoms with Crippen LogP contribution in [0.1, 0.15) is 11.3 Å². The summed E-state index contributed by atoms with van der Waals surface area (Å²) in [5.41, 5.74) is 1.54. The van der Waals surface area contributed by atoms with Crippen molar-refractivity contribution in [2.45, 2.75) is 25.5 Å². The molecule has 3 rings (SSSR count). The van der Waals surface area contributed by atoms with Gasteiger partial charge in [-0.1, -0.05) is 5.16 Å². The lowest BCUT2D eigenvalue weighted by Crippen LogP contribution is -2.27. The van der Waals surface area contributed by atoms with Crippen molar-refractivity contribution < 1.29 is 17.4 Å². The van der Waals surface area contributed by atoms with Gasteiger partial charge in [0, 0.05) is 12.1 Å². The predicted molar refractivity (Wildman–Crippen MR) is 78.9 cm³/mol. The molecule has 0 fully saturated rings. The maximum Gasteiger partial charge on any atom is 0.274 e. The Labute approximate surface area is 132 Å². The summed E-state index contributed by atoms with van der Waals surface area (Å²) in [4.78, 5) is 3.78. The Morgan fingerprint density at radius 3 is 2.78 bits per heavy atom. The summed E-state index contributed by atoms with van der Waals surface area (Å²) in [5, 5.41) is 7.54. The fourth-order valence-corrected chi connectivity index (χ4v) is 2.89. The molecule has 3 aromatic heterocycles. The number of rotatable bonds is 6. The Balaban J connectivity index is 1.72. The number of nitrogens with one attached hydrogen (secondary N) is 1. The molecule has 0 aliphatic heterocycles. The van der Waals surface area contributed by atoms with E-state index >= 15 is 0 Å². The molecule has 0 amide bonds. The lowest BCUT2D eigenvalue weighted by molar-refractivity contribution is 0.397. The normalized spacial score (nSPS) is 11.9. The molecule has 0 atom stereocenters. The van der Waals surface area contributed by atoms with Crippen LogP contribution in [0.3, 0.4) is 0 Å². The molecule has 0 unspecified atom stereocenters. The molecule has 0 saturated carbocycles. The lowest BCUT2D eigenvalue weighted by Gasteiger charge is -2.03. The van der Waals surface area contributed by atoms with Gasteiger partial charge in [0.05, 0.1) is 12.2 Å². The molecule has 0 aliphatic carbocycles. The monoisotopic (exact) mass is 337 g/mol. The van der Waals surface area contributed by atoms with E-state index in [0.29, 0.717) is 18.1 Å².